The predicted octanol–water partition coefficient (Wildman–Crippen LogP) is 0.746. The number of carbonyl (C=O) groups excluding carboxylic acids is 3. The Hall–Kier alpha value is -3.04. The number of halogens is 2. The van der Waals surface area contributed by atoms with Crippen molar-refractivity contribution >= 4 is 23.8 Å². The Kier molecular flexibility index (Phi) is 7.17. The number of benzene rings is 1. The van der Waals surface area contributed by atoms with E-state index < -0.39 is 53.3 Å². The van der Waals surface area contributed by atoms with Crippen molar-refractivity contribution in [3.8, 4) is 0 Å². The second-order valence-electron chi connectivity index (χ2n) is 5.30. The normalized spacial score (nSPS) is 12.8. The van der Waals surface area contributed by atoms with Gasteiger partial charge in [-0.15, -0.1) is 0 Å². The van der Waals surface area contributed by atoms with E-state index >= 15 is 0 Å². The van der Waals surface area contributed by atoms with Gasteiger partial charge in [0.25, 0.3) is 5.91 Å². The highest BCUT2D eigenvalue weighted by molar-refractivity contribution is 5.98. The minimum Gasteiger partial charge on any atom is -0.480 e. The van der Waals surface area contributed by atoms with E-state index in [1.807, 2.05) is 0 Å². The first kappa shape index (κ1) is 21.0. The average molecular weight is 373 g/mol. The molecule has 0 fully saturated rings. The number of aliphatic carboxylic acids is 1. The first-order chi connectivity index (χ1) is 12.1. The zero-order chi connectivity index (χ0) is 20.0. The van der Waals surface area contributed by atoms with E-state index in [0.717, 1.165) is 20.3 Å². The van der Waals surface area contributed by atoms with E-state index in [-0.39, 0.29) is 5.56 Å². The number of ether oxygens (including phenoxy) is 2. The van der Waals surface area contributed by atoms with Gasteiger partial charge in [-0.1, -0.05) is 6.92 Å². The molecule has 0 saturated carbocycles. The van der Waals surface area contributed by atoms with Crippen LogP contribution in [0.15, 0.2) is 18.2 Å². The Morgan fingerprint density at radius 2 is 1.58 bits per heavy atom. The maximum Gasteiger partial charge on any atom is 0.326 e. The highest BCUT2D eigenvalue weighted by Gasteiger charge is 2.42. The molecule has 1 amide bonds. The fraction of sp³-hybridized carbons (Fsp3) is 0.375. The summed E-state index contributed by atoms with van der Waals surface area (Å²) in [6, 6.07) is 0.538. The monoisotopic (exact) mass is 373 g/mol. The minimum atomic E-state index is -1.71. The third-order valence-electron chi connectivity index (χ3n) is 3.70. The number of rotatable bonds is 7. The highest BCUT2D eigenvalue weighted by Crippen LogP contribution is 2.20. The van der Waals surface area contributed by atoms with Crippen LogP contribution in [0.1, 0.15) is 17.3 Å². The van der Waals surface area contributed by atoms with Crippen molar-refractivity contribution in [1.29, 1.82) is 0 Å². The maximum atomic E-state index is 13.2. The van der Waals surface area contributed by atoms with Crippen molar-refractivity contribution in [3.63, 3.8) is 0 Å². The molecule has 142 valence electrons. The van der Waals surface area contributed by atoms with Crippen LogP contribution in [0.4, 0.5) is 8.78 Å². The van der Waals surface area contributed by atoms with Gasteiger partial charge in [-0.25, -0.2) is 13.6 Å². The molecule has 0 heterocycles. The zero-order valence-electron chi connectivity index (χ0n) is 14.1. The number of carbonyl (C=O) groups is 4. The lowest BCUT2D eigenvalue weighted by Crippen LogP contribution is -2.50. The molecule has 0 unspecified atom stereocenters. The molecule has 0 spiro atoms. The lowest BCUT2D eigenvalue weighted by atomic mass is 9.87. The van der Waals surface area contributed by atoms with Crippen LogP contribution >= 0.6 is 0 Å². The largest absolute Gasteiger partial charge is 0.480 e. The SMILES string of the molecule is COC(=O)C(C(=O)OC)[C@@H](C)[C@@H](NC(=O)c1ccc(F)c(F)c1)C(=O)O. The molecule has 0 saturated heterocycles. The minimum absolute atomic E-state index is 0.338. The van der Waals surface area contributed by atoms with Gasteiger partial charge in [-0.3, -0.25) is 14.4 Å². The summed E-state index contributed by atoms with van der Waals surface area (Å²) in [4.78, 5) is 47.2. The molecule has 1 aromatic carbocycles. The van der Waals surface area contributed by atoms with Crippen molar-refractivity contribution in [1.82, 2.24) is 5.32 Å². The van der Waals surface area contributed by atoms with Gasteiger partial charge in [0, 0.05) is 11.5 Å². The number of hydrogen-bond acceptors (Lipinski definition) is 6. The molecule has 26 heavy (non-hydrogen) atoms. The fourth-order valence-corrected chi connectivity index (χ4v) is 2.25. The highest BCUT2D eigenvalue weighted by atomic mass is 19.2. The first-order valence-electron chi connectivity index (χ1n) is 7.28. The Labute approximate surface area is 147 Å². The van der Waals surface area contributed by atoms with Crippen molar-refractivity contribution < 1.29 is 42.5 Å². The summed E-state index contributed by atoms with van der Waals surface area (Å²) in [5, 5.41) is 11.4. The molecule has 1 aromatic rings. The number of nitrogens with one attached hydrogen (secondary N) is 1. The standard InChI is InChI=1S/C16H17F2NO7/c1-7(11(15(23)25-2)16(24)26-3)12(14(21)22)19-13(20)8-4-5-9(17)10(18)6-8/h4-7,11-12H,1-3H3,(H,19,20)(H,21,22)/t7-,12-/m1/s1. The molecule has 1 rings (SSSR count). The van der Waals surface area contributed by atoms with Gasteiger partial charge in [0.2, 0.25) is 0 Å². The molecule has 2 atom stereocenters. The van der Waals surface area contributed by atoms with Crippen LogP contribution in [0.2, 0.25) is 0 Å². The third-order valence-corrected chi connectivity index (χ3v) is 3.70. The van der Waals surface area contributed by atoms with Gasteiger partial charge < -0.3 is 19.9 Å². The van der Waals surface area contributed by atoms with E-state index in [4.69, 9.17) is 0 Å². The summed E-state index contributed by atoms with van der Waals surface area (Å²) in [6.45, 7) is 1.23. The lowest BCUT2D eigenvalue weighted by Gasteiger charge is -2.26. The van der Waals surface area contributed by atoms with Crippen molar-refractivity contribution in [3.05, 3.63) is 35.4 Å². The molecule has 0 aliphatic rings. The molecule has 2 N–H and O–H groups in total. The van der Waals surface area contributed by atoms with E-state index in [1.165, 1.54) is 6.92 Å². The second kappa shape index (κ2) is 8.88. The van der Waals surface area contributed by atoms with Gasteiger partial charge in [0.1, 0.15) is 6.04 Å². The Balaban J connectivity index is 3.11. The van der Waals surface area contributed by atoms with E-state index in [1.54, 1.807) is 0 Å². The number of carboxylic acids is 1. The van der Waals surface area contributed by atoms with Gasteiger partial charge in [-0.2, -0.15) is 0 Å². The van der Waals surface area contributed by atoms with E-state index in [0.29, 0.717) is 12.1 Å². The second-order valence-corrected chi connectivity index (χ2v) is 5.30. The lowest BCUT2D eigenvalue weighted by molar-refractivity contribution is -0.162. The van der Waals surface area contributed by atoms with Crippen LogP contribution in [0.25, 0.3) is 0 Å². The van der Waals surface area contributed by atoms with E-state index in [2.05, 4.69) is 14.8 Å². The van der Waals surface area contributed by atoms with Crippen LogP contribution in [-0.2, 0) is 23.9 Å². The summed E-state index contributed by atoms with van der Waals surface area (Å²) in [6.07, 6.45) is 0. The molecule has 0 aliphatic heterocycles. The van der Waals surface area contributed by atoms with Gasteiger partial charge in [0.05, 0.1) is 14.2 Å². The smallest absolute Gasteiger partial charge is 0.326 e. The number of methoxy groups -OCH3 is 2. The Morgan fingerprint density at radius 1 is 1.04 bits per heavy atom. The molecular weight excluding hydrogens is 356 g/mol. The molecule has 10 heteroatoms. The van der Waals surface area contributed by atoms with Gasteiger partial charge in [0.15, 0.2) is 17.6 Å². The summed E-state index contributed by atoms with van der Waals surface area (Å²) in [7, 11) is 2.00. The molecule has 0 radical (unpaired) electrons. The van der Waals surface area contributed by atoms with E-state index in [9.17, 15) is 33.1 Å². The fourth-order valence-electron chi connectivity index (χ4n) is 2.25. The number of hydrogen-bond donors (Lipinski definition) is 2. The summed E-state index contributed by atoms with van der Waals surface area (Å²) in [5.74, 6) is -10.0. The van der Waals surface area contributed by atoms with Crippen LogP contribution in [0, 0.1) is 23.5 Å². The molecule has 0 aliphatic carbocycles. The molecule has 0 aromatic heterocycles. The quantitative estimate of drug-likeness (QED) is 0.535. The van der Waals surface area contributed by atoms with Crippen LogP contribution in [-0.4, -0.2) is 49.2 Å². The topological polar surface area (TPSA) is 119 Å². The molecule has 8 nitrogen and oxygen atoms in total. The number of carboxylic acid groups (broad SMARTS) is 1. The van der Waals surface area contributed by atoms with Crippen LogP contribution in [0.3, 0.4) is 0 Å². The summed E-state index contributed by atoms with van der Waals surface area (Å²) < 4.78 is 35.1. The first-order valence-corrected chi connectivity index (χ1v) is 7.28. The Bertz CT molecular complexity index is 707. The average Bonchev–Trinajstić information content (AvgIpc) is 2.60. The van der Waals surface area contributed by atoms with Gasteiger partial charge in [-0.05, 0) is 18.2 Å². The molecule has 0 bridgehead atoms. The summed E-state index contributed by atoms with van der Waals surface area (Å²) >= 11 is 0. The Morgan fingerprint density at radius 3 is 2.00 bits per heavy atom. The van der Waals surface area contributed by atoms with Crippen LogP contribution < -0.4 is 5.32 Å². The van der Waals surface area contributed by atoms with Crippen molar-refractivity contribution in [2.45, 2.75) is 13.0 Å². The zero-order valence-corrected chi connectivity index (χ0v) is 14.1. The predicted molar refractivity (Wildman–Crippen MR) is 81.9 cm³/mol. The van der Waals surface area contributed by atoms with Crippen LogP contribution in [0.5, 0.6) is 0 Å². The van der Waals surface area contributed by atoms with Gasteiger partial charge >= 0.3 is 17.9 Å². The number of amides is 1. The molecular formula is C16H17F2NO7. The van der Waals surface area contributed by atoms with Crippen molar-refractivity contribution in [2.75, 3.05) is 14.2 Å². The summed E-state index contributed by atoms with van der Waals surface area (Å²) in [5.41, 5.74) is -0.338. The van der Waals surface area contributed by atoms with Crippen molar-refractivity contribution in [2.24, 2.45) is 11.8 Å². The third kappa shape index (κ3) is 4.74. The number of esters is 2. The maximum absolute atomic E-state index is 13.2.